The Balaban J connectivity index is 0.00000180. The van der Waals surface area contributed by atoms with E-state index in [9.17, 15) is 4.79 Å². The molecule has 0 saturated carbocycles. The fraction of sp³-hybridized carbons (Fsp3) is 0.533. The lowest BCUT2D eigenvalue weighted by Gasteiger charge is -2.21. The maximum atomic E-state index is 11.9. The second-order valence-corrected chi connectivity index (χ2v) is 5.93. The molecule has 0 atom stereocenters. The molecule has 0 fully saturated rings. The molecule has 1 amide bonds. The first kappa shape index (κ1) is 16.0. The van der Waals surface area contributed by atoms with E-state index in [0.717, 1.165) is 18.7 Å². The van der Waals surface area contributed by atoms with Crippen molar-refractivity contribution in [1.82, 2.24) is 0 Å². The highest BCUT2D eigenvalue weighted by Crippen LogP contribution is 2.33. The lowest BCUT2D eigenvalue weighted by molar-refractivity contribution is -0.118. The number of halogens is 1. The molecule has 1 aromatic carbocycles. The Morgan fingerprint density at radius 2 is 2.05 bits per heavy atom. The molecule has 2 N–H and O–H groups in total. The molecular formula is C15H23ClN2O. The minimum absolute atomic E-state index is 0. The summed E-state index contributed by atoms with van der Waals surface area (Å²) in [6.45, 7) is 7.84. The van der Waals surface area contributed by atoms with Crippen LogP contribution in [0.2, 0.25) is 0 Å². The SMILES string of the molecule is CC(C)(C)c1ccc2c(c1)CCN2C(=O)CCN.Cl. The highest BCUT2D eigenvalue weighted by Gasteiger charge is 2.25. The highest BCUT2D eigenvalue weighted by molar-refractivity contribution is 5.95. The van der Waals surface area contributed by atoms with E-state index >= 15 is 0 Å². The summed E-state index contributed by atoms with van der Waals surface area (Å²) in [5.74, 6) is 0.139. The quantitative estimate of drug-likeness (QED) is 0.906. The lowest BCUT2D eigenvalue weighted by Crippen LogP contribution is -2.30. The van der Waals surface area contributed by atoms with Gasteiger partial charge in [0.15, 0.2) is 0 Å². The minimum atomic E-state index is 0. The number of anilines is 1. The maximum Gasteiger partial charge on any atom is 0.228 e. The fourth-order valence-electron chi connectivity index (χ4n) is 2.39. The van der Waals surface area contributed by atoms with Crippen molar-refractivity contribution in [2.75, 3.05) is 18.0 Å². The van der Waals surface area contributed by atoms with Crippen molar-refractivity contribution in [2.45, 2.75) is 39.0 Å². The average Bonchev–Trinajstić information content (AvgIpc) is 2.70. The first-order valence-corrected chi connectivity index (χ1v) is 6.57. The first-order valence-electron chi connectivity index (χ1n) is 6.57. The summed E-state index contributed by atoms with van der Waals surface area (Å²) in [5, 5.41) is 0. The molecule has 0 saturated heterocycles. The van der Waals surface area contributed by atoms with E-state index in [1.807, 2.05) is 4.90 Å². The van der Waals surface area contributed by atoms with Crippen LogP contribution in [0.5, 0.6) is 0 Å². The maximum absolute atomic E-state index is 11.9. The number of rotatable bonds is 2. The van der Waals surface area contributed by atoms with E-state index in [0.29, 0.717) is 13.0 Å². The number of nitrogens with two attached hydrogens (primary N) is 1. The van der Waals surface area contributed by atoms with Crippen LogP contribution in [0.4, 0.5) is 5.69 Å². The molecule has 4 heteroatoms. The number of benzene rings is 1. The zero-order valence-electron chi connectivity index (χ0n) is 11.9. The van der Waals surface area contributed by atoms with Crippen LogP contribution < -0.4 is 10.6 Å². The van der Waals surface area contributed by atoms with E-state index in [1.165, 1.54) is 11.1 Å². The Morgan fingerprint density at radius 1 is 1.37 bits per heavy atom. The molecule has 1 heterocycles. The summed E-state index contributed by atoms with van der Waals surface area (Å²) in [7, 11) is 0. The molecule has 106 valence electrons. The molecule has 1 aliphatic heterocycles. The van der Waals surface area contributed by atoms with Gasteiger partial charge in [-0.2, -0.15) is 0 Å². The second kappa shape index (κ2) is 5.93. The summed E-state index contributed by atoms with van der Waals surface area (Å²) in [5.41, 5.74) is 9.29. The zero-order valence-corrected chi connectivity index (χ0v) is 12.7. The fourth-order valence-corrected chi connectivity index (χ4v) is 2.39. The standard InChI is InChI=1S/C15H22N2O.ClH/c1-15(2,3)12-4-5-13-11(10-12)7-9-17(13)14(18)6-8-16;/h4-5,10H,6-9,16H2,1-3H3;1H. The molecule has 1 aliphatic rings. The third kappa shape index (κ3) is 3.28. The minimum Gasteiger partial charge on any atom is -0.330 e. The van der Waals surface area contributed by atoms with Crippen molar-refractivity contribution in [1.29, 1.82) is 0 Å². The van der Waals surface area contributed by atoms with Crippen LogP contribution in [0.25, 0.3) is 0 Å². The third-order valence-electron chi connectivity index (χ3n) is 3.50. The predicted molar refractivity (Wildman–Crippen MR) is 82.1 cm³/mol. The number of fused-ring (bicyclic) bond motifs is 1. The number of amides is 1. The van der Waals surface area contributed by atoms with Gasteiger partial charge >= 0.3 is 0 Å². The van der Waals surface area contributed by atoms with Crippen molar-refractivity contribution in [3.63, 3.8) is 0 Å². The van der Waals surface area contributed by atoms with E-state index in [-0.39, 0.29) is 23.7 Å². The van der Waals surface area contributed by atoms with Gasteiger partial charge in [0.25, 0.3) is 0 Å². The molecule has 2 rings (SSSR count). The Hall–Kier alpha value is -1.06. The molecule has 0 aromatic heterocycles. The lowest BCUT2D eigenvalue weighted by atomic mass is 9.86. The molecule has 0 unspecified atom stereocenters. The third-order valence-corrected chi connectivity index (χ3v) is 3.50. The number of hydrogen-bond acceptors (Lipinski definition) is 2. The molecular weight excluding hydrogens is 260 g/mol. The van der Waals surface area contributed by atoms with Gasteiger partial charge in [-0.25, -0.2) is 0 Å². The molecule has 0 bridgehead atoms. The zero-order chi connectivity index (χ0) is 13.3. The Bertz CT molecular complexity index is 466. The summed E-state index contributed by atoms with van der Waals surface area (Å²) in [6, 6.07) is 6.45. The van der Waals surface area contributed by atoms with Crippen LogP contribution in [-0.4, -0.2) is 19.0 Å². The monoisotopic (exact) mass is 282 g/mol. The van der Waals surface area contributed by atoms with Gasteiger partial charge in [-0.05, 0) is 29.0 Å². The Morgan fingerprint density at radius 3 is 2.63 bits per heavy atom. The largest absolute Gasteiger partial charge is 0.330 e. The smallest absolute Gasteiger partial charge is 0.228 e. The van der Waals surface area contributed by atoms with E-state index in [4.69, 9.17) is 5.73 Å². The van der Waals surface area contributed by atoms with Gasteiger partial charge in [-0.1, -0.05) is 32.9 Å². The summed E-state index contributed by atoms with van der Waals surface area (Å²) in [4.78, 5) is 13.8. The van der Waals surface area contributed by atoms with Gasteiger partial charge in [0.1, 0.15) is 0 Å². The molecule has 3 nitrogen and oxygen atoms in total. The normalized spacial score (nSPS) is 14.0. The number of carbonyl (C=O) groups excluding carboxylic acids is 1. The van der Waals surface area contributed by atoms with Crippen LogP contribution in [0.3, 0.4) is 0 Å². The summed E-state index contributed by atoms with van der Waals surface area (Å²) in [6.07, 6.45) is 1.38. The topological polar surface area (TPSA) is 46.3 Å². The van der Waals surface area contributed by atoms with Gasteiger partial charge in [0.05, 0.1) is 0 Å². The van der Waals surface area contributed by atoms with E-state index < -0.39 is 0 Å². The van der Waals surface area contributed by atoms with E-state index in [1.54, 1.807) is 0 Å². The van der Waals surface area contributed by atoms with Crippen molar-refractivity contribution in [3.05, 3.63) is 29.3 Å². The van der Waals surface area contributed by atoms with Gasteiger partial charge < -0.3 is 10.6 Å². The summed E-state index contributed by atoms with van der Waals surface area (Å²) < 4.78 is 0. The van der Waals surface area contributed by atoms with Gasteiger partial charge in [-0.3, -0.25) is 4.79 Å². The van der Waals surface area contributed by atoms with Crippen molar-refractivity contribution in [2.24, 2.45) is 5.73 Å². The summed E-state index contributed by atoms with van der Waals surface area (Å²) >= 11 is 0. The van der Waals surface area contributed by atoms with Gasteiger partial charge in [0.2, 0.25) is 5.91 Å². The van der Waals surface area contributed by atoms with Crippen molar-refractivity contribution < 1.29 is 4.79 Å². The molecule has 0 aliphatic carbocycles. The first-order chi connectivity index (χ1) is 8.43. The van der Waals surface area contributed by atoms with E-state index in [2.05, 4.69) is 39.0 Å². The van der Waals surface area contributed by atoms with Crippen LogP contribution in [0, 0.1) is 0 Å². The Kier molecular flexibility index (Phi) is 4.99. The Labute approximate surface area is 121 Å². The number of carbonyl (C=O) groups is 1. The average molecular weight is 283 g/mol. The van der Waals surface area contributed by atoms with Crippen molar-refractivity contribution >= 4 is 24.0 Å². The number of hydrogen-bond donors (Lipinski definition) is 1. The number of nitrogens with zero attached hydrogens (tertiary/aromatic N) is 1. The van der Waals surface area contributed by atoms with Crippen molar-refractivity contribution in [3.8, 4) is 0 Å². The molecule has 1 aromatic rings. The van der Waals surface area contributed by atoms with Gasteiger partial charge in [0, 0.05) is 25.2 Å². The highest BCUT2D eigenvalue weighted by atomic mass is 35.5. The van der Waals surface area contributed by atoms with Crippen LogP contribution >= 0.6 is 12.4 Å². The van der Waals surface area contributed by atoms with Crippen LogP contribution in [0.1, 0.15) is 38.3 Å². The van der Waals surface area contributed by atoms with Crippen LogP contribution in [-0.2, 0) is 16.6 Å². The predicted octanol–water partition coefficient (Wildman–Crippen LogP) is 2.64. The van der Waals surface area contributed by atoms with Crippen LogP contribution in [0.15, 0.2) is 18.2 Å². The molecule has 0 radical (unpaired) electrons. The molecule has 19 heavy (non-hydrogen) atoms. The second-order valence-electron chi connectivity index (χ2n) is 5.93. The molecule has 0 spiro atoms. The van der Waals surface area contributed by atoms with Gasteiger partial charge in [-0.15, -0.1) is 12.4 Å².